The normalized spacial score (nSPS) is 12.7. The Morgan fingerprint density at radius 3 is 2.46 bits per heavy atom. The summed E-state index contributed by atoms with van der Waals surface area (Å²) in [5, 5.41) is 9.35. The molecular weight excluding hydrogens is 470 g/mol. The SMILES string of the molecule is CCCC(NC(=O)Cc1cc(F)cc(F)c1)C(=O)Nc1ncc(C(C)NCCc2ccccc2)s1. The summed E-state index contributed by atoms with van der Waals surface area (Å²) in [6, 6.07) is 12.5. The van der Waals surface area contributed by atoms with Crippen molar-refractivity contribution in [1.29, 1.82) is 0 Å². The lowest BCUT2D eigenvalue weighted by atomic mass is 10.1. The lowest BCUT2D eigenvalue weighted by molar-refractivity contribution is -0.126. The highest BCUT2D eigenvalue weighted by molar-refractivity contribution is 7.15. The lowest BCUT2D eigenvalue weighted by Gasteiger charge is -2.17. The average molecular weight is 501 g/mol. The van der Waals surface area contributed by atoms with Crippen molar-refractivity contribution >= 4 is 28.3 Å². The highest BCUT2D eigenvalue weighted by atomic mass is 32.1. The first kappa shape index (κ1) is 26.4. The number of amides is 2. The largest absolute Gasteiger partial charge is 0.344 e. The molecule has 2 amide bonds. The topological polar surface area (TPSA) is 83.1 Å². The number of aromatic nitrogens is 1. The van der Waals surface area contributed by atoms with Gasteiger partial charge in [-0.05, 0) is 49.6 Å². The molecule has 6 nitrogen and oxygen atoms in total. The van der Waals surface area contributed by atoms with E-state index in [0.29, 0.717) is 18.0 Å². The van der Waals surface area contributed by atoms with Crippen LogP contribution in [0.3, 0.4) is 0 Å². The quantitative estimate of drug-likeness (QED) is 0.334. The van der Waals surface area contributed by atoms with Crippen LogP contribution in [0.25, 0.3) is 0 Å². The Morgan fingerprint density at radius 2 is 1.77 bits per heavy atom. The molecule has 0 fully saturated rings. The van der Waals surface area contributed by atoms with Crippen LogP contribution in [-0.4, -0.2) is 29.4 Å². The van der Waals surface area contributed by atoms with Gasteiger partial charge in [0, 0.05) is 23.2 Å². The van der Waals surface area contributed by atoms with Gasteiger partial charge in [-0.1, -0.05) is 43.7 Å². The van der Waals surface area contributed by atoms with E-state index in [0.717, 1.165) is 36.0 Å². The maximum atomic E-state index is 13.4. The Balaban J connectivity index is 1.52. The molecule has 0 aliphatic rings. The molecule has 1 aromatic heterocycles. The number of hydrogen-bond donors (Lipinski definition) is 3. The molecule has 0 saturated heterocycles. The summed E-state index contributed by atoms with van der Waals surface area (Å²) in [6.45, 7) is 4.75. The number of carbonyl (C=O) groups excluding carboxylic acids is 2. The lowest BCUT2D eigenvalue weighted by Crippen LogP contribution is -2.44. The summed E-state index contributed by atoms with van der Waals surface area (Å²) in [5.41, 5.74) is 1.46. The summed E-state index contributed by atoms with van der Waals surface area (Å²) in [6.07, 6.45) is 3.50. The molecule has 2 aromatic carbocycles. The van der Waals surface area contributed by atoms with E-state index in [1.165, 1.54) is 16.9 Å². The van der Waals surface area contributed by atoms with Gasteiger partial charge >= 0.3 is 0 Å². The maximum absolute atomic E-state index is 13.4. The smallest absolute Gasteiger partial charge is 0.248 e. The van der Waals surface area contributed by atoms with Crippen molar-refractivity contribution in [1.82, 2.24) is 15.6 Å². The molecule has 0 bridgehead atoms. The zero-order valence-electron chi connectivity index (χ0n) is 19.8. The van der Waals surface area contributed by atoms with Crippen molar-refractivity contribution in [2.24, 2.45) is 0 Å². The number of nitrogens with zero attached hydrogens (tertiary/aromatic N) is 1. The van der Waals surface area contributed by atoms with Crippen LogP contribution in [0.4, 0.5) is 13.9 Å². The summed E-state index contributed by atoms with van der Waals surface area (Å²) < 4.78 is 26.8. The third-order valence-electron chi connectivity index (χ3n) is 5.40. The van der Waals surface area contributed by atoms with E-state index in [9.17, 15) is 18.4 Å². The van der Waals surface area contributed by atoms with E-state index in [4.69, 9.17) is 0 Å². The second-order valence-electron chi connectivity index (χ2n) is 8.33. The van der Waals surface area contributed by atoms with E-state index in [2.05, 4.69) is 33.1 Å². The van der Waals surface area contributed by atoms with Gasteiger partial charge in [-0.2, -0.15) is 0 Å². The fraction of sp³-hybridized carbons (Fsp3) is 0.346. The van der Waals surface area contributed by atoms with Crippen LogP contribution in [0.1, 0.15) is 48.7 Å². The van der Waals surface area contributed by atoms with Gasteiger partial charge in [0.2, 0.25) is 11.8 Å². The molecular formula is C26H30F2N4O2S. The standard InChI is InChI=1S/C26H30F2N4O2S/c1-3-7-22(31-24(33)14-19-12-20(27)15-21(28)13-19)25(34)32-26-30-16-23(35-26)17(2)29-11-10-18-8-5-4-6-9-18/h4-6,8-9,12-13,15-17,22,29H,3,7,10-11,14H2,1-2H3,(H,31,33)(H,30,32,34). The van der Waals surface area contributed by atoms with Crippen LogP contribution in [0.15, 0.2) is 54.7 Å². The van der Waals surface area contributed by atoms with Gasteiger partial charge in [-0.3, -0.25) is 9.59 Å². The number of nitrogens with one attached hydrogen (secondary N) is 3. The zero-order chi connectivity index (χ0) is 25.2. The van der Waals surface area contributed by atoms with E-state index >= 15 is 0 Å². The zero-order valence-corrected chi connectivity index (χ0v) is 20.6. The van der Waals surface area contributed by atoms with Crippen molar-refractivity contribution in [3.8, 4) is 0 Å². The molecule has 3 N–H and O–H groups in total. The van der Waals surface area contributed by atoms with E-state index in [1.54, 1.807) is 6.20 Å². The third-order valence-corrected chi connectivity index (χ3v) is 6.50. The van der Waals surface area contributed by atoms with Gasteiger partial charge in [0.15, 0.2) is 5.13 Å². The molecule has 186 valence electrons. The van der Waals surface area contributed by atoms with Crippen LogP contribution in [0, 0.1) is 11.6 Å². The average Bonchev–Trinajstić information content (AvgIpc) is 3.27. The maximum Gasteiger partial charge on any atom is 0.248 e. The number of hydrogen-bond acceptors (Lipinski definition) is 5. The number of benzene rings is 2. The van der Waals surface area contributed by atoms with Gasteiger partial charge in [0.25, 0.3) is 0 Å². The van der Waals surface area contributed by atoms with Crippen molar-refractivity contribution in [3.05, 3.63) is 82.4 Å². The van der Waals surface area contributed by atoms with Crippen LogP contribution in [0.5, 0.6) is 0 Å². The highest BCUT2D eigenvalue weighted by Gasteiger charge is 2.22. The van der Waals surface area contributed by atoms with Gasteiger partial charge in [0.05, 0.1) is 6.42 Å². The molecule has 0 saturated carbocycles. The predicted octanol–water partition coefficient (Wildman–Crippen LogP) is 4.78. The number of rotatable bonds is 12. The fourth-order valence-electron chi connectivity index (χ4n) is 3.62. The summed E-state index contributed by atoms with van der Waals surface area (Å²) in [5.74, 6) is -2.37. The van der Waals surface area contributed by atoms with Crippen molar-refractivity contribution in [2.75, 3.05) is 11.9 Å². The molecule has 35 heavy (non-hydrogen) atoms. The molecule has 0 spiro atoms. The minimum atomic E-state index is -0.778. The molecule has 0 radical (unpaired) electrons. The number of halogens is 2. The second-order valence-corrected chi connectivity index (χ2v) is 9.39. The first-order valence-corrected chi connectivity index (χ1v) is 12.4. The monoisotopic (exact) mass is 500 g/mol. The predicted molar refractivity (Wildman–Crippen MR) is 134 cm³/mol. The Bertz CT molecular complexity index is 1100. The molecule has 0 aliphatic carbocycles. The number of thiazole rings is 1. The molecule has 0 aliphatic heterocycles. The summed E-state index contributed by atoms with van der Waals surface area (Å²) in [7, 11) is 0. The van der Waals surface area contributed by atoms with Crippen LogP contribution < -0.4 is 16.0 Å². The van der Waals surface area contributed by atoms with Crippen molar-refractivity contribution in [3.63, 3.8) is 0 Å². The number of anilines is 1. The minimum Gasteiger partial charge on any atom is -0.344 e. The second kappa shape index (κ2) is 13.1. The van der Waals surface area contributed by atoms with Crippen LogP contribution in [-0.2, 0) is 22.4 Å². The molecule has 2 unspecified atom stereocenters. The third kappa shape index (κ3) is 8.52. The Labute approximate surface area is 208 Å². The van der Waals surface area contributed by atoms with Crippen LogP contribution >= 0.6 is 11.3 Å². The Morgan fingerprint density at radius 1 is 1.06 bits per heavy atom. The first-order chi connectivity index (χ1) is 16.8. The van der Waals surface area contributed by atoms with Crippen molar-refractivity contribution in [2.45, 2.75) is 51.6 Å². The van der Waals surface area contributed by atoms with Crippen molar-refractivity contribution < 1.29 is 18.4 Å². The van der Waals surface area contributed by atoms with Crippen LogP contribution in [0.2, 0.25) is 0 Å². The molecule has 3 aromatic rings. The summed E-state index contributed by atoms with van der Waals surface area (Å²) in [4.78, 5) is 30.5. The molecule has 3 rings (SSSR count). The Hall–Kier alpha value is -3.17. The van der Waals surface area contributed by atoms with Gasteiger partial charge in [-0.25, -0.2) is 13.8 Å². The van der Waals surface area contributed by atoms with E-state index in [-0.39, 0.29) is 23.9 Å². The molecule has 1 heterocycles. The summed E-state index contributed by atoms with van der Waals surface area (Å²) >= 11 is 1.37. The molecule has 9 heteroatoms. The van der Waals surface area contributed by atoms with Gasteiger partial charge < -0.3 is 16.0 Å². The minimum absolute atomic E-state index is 0.0691. The fourth-order valence-corrected chi connectivity index (χ4v) is 4.46. The Kier molecular flexibility index (Phi) is 9.86. The van der Waals surface area contributed by atoms with E-state index < -0.39 is 23.6 Å². The highest BCUT2D eigenvalue weighted by Crippen LogP contribution is 2.24. The van der Waals surface area contributed by atoms with Gasteiger partial charge in [0.1, 0.15) is 17.7 Å². The number of carbonyl (C=O) groups is 2. The van der Waals surface area contributed by atoms with E-state index in [1.807, 2.05) is 32.0 Å². The first-order valence-electron chi connectivity index (χ1n) is 11.6. The molecule has 2 atom stereocenters. The van der Waals surface area contributed by atoms with Gasteiger partial charge in [-0.15, -0.1) is 11.3 Å².